The molecule has 3 aromatic carbocycles. The van der Waals surface area contributed by atoms with Crippen molar-refractivity contribution in [2.45, 2.75) is 37.5 Å². The summed E-state index contributed by atoms with van der Waals surface area (Å²) in [6.07, 6.45) is 0.433. The molecule has 2 fully saturated rings. The number of rotatable bonds is 6. The molecule has 2 unspecified atom stereocenters. The molecule has 0 radical (unpaired) electrons. The maximum atomic E-state index is 13.4. The Hall–Kier alpha value is -3.78. The number of ketones is 1. The van der Waals surface area contributed by atoms with Crippen LogP contribution in [0.4, 0.5) is 13.6 Å². The Balaban J connectivity index is 1.14. The fourth-order valence-corrected chi connectivity index (χ4v) is 6.16. The van der Waals surface area contributed by atoms with Crippen LogP contribution in [-0.2, 0) is 9.47 Å². The summed E-state index contributed by atoms with van der Waals surface area (Å²) >= 11 is 0. The molecule has 0 spiro atoms. The first-order chi connectivity index (χ1) is 18.5. The molecule has 0 saturated carbocycles. The van der Waals surface area contributed by atoms with E-state index in [1.165, 1.54) is 18.2 Å². The van der Waals surface area contributed by atoms with Gasteiger partial charge in [-0.15, -0.1) is 0 Å². The highest BCUT2D eigenvalue weighted by atomic mass is 19.3. The highest BCUT2D eigenvalue weighted by Crippen LogP contribution is 2.45. The molecule has 3 aliphatic rings. The Morgan fingerprint density at radius 3 is 2.16 bits per heavy atom. The third-order valence-electron chi connectivity index (χ3n) is 7.78. The predicted molar refractivity (Wildman–Crippen MR) is 135 cm³/mol. The Morgan fingerprint density at radius 1 is 0.895 bits per heavy atom. The van der Waals surface area contributed by atoms with Crippen molar-refractivity contribution in [3.63, 3.8) is 0 Å². The first-order valence-electron chi connectivity index (χ1n) is 12.8. The summed E-state index contributed by atoms with van der Waals surface area (Å²) in [5.41, 5.74) is 4.94. The van der Waals surface area contributed by atoms with Crippen molar-refractivity contribution in [2.24, 2.45) is 5.92 Å². The minimum atomic E-state index is -2.96. The van der Waals surface area contributed by atoms with Gasteiger partial charge in [-0.25, -0.2) is 4.79 Å². The lowest BCUT2D eigenvalue weighted by atomic mass is 9.81. The molecule has 0 aromatic heterocycles. The normalized spacial score (nSPS) is 22.1. The molecule has 2 atom stereocenters. The number of hydrogen-bond acceptors (Lipinski definition) is 5. The summed E-state index contributed by atoms with van der Waals surface area (Å²) < 4.78 is 41.3. The molecular weight excluding hydrogens is 492 g/mol. The van der Waals surface area contributed by atoms with E-state index in [-0.39, 0.29) is 42.1 Å². The number of carbonyl (C=O) groups excluding carboxylic acids is 2. The SMILES string of the molecule is O=C(c1cccc(OC(F)F)c1)C1CC2COCC(C1)N2C(=O)OCC1c2ccccc2-c2ccccc21. The van der Waals surface area contributed by atoms with E-state index >= 15 is 0 Å². The highest BCUT2D eigenvalue weighted by molar-refractivity contribution is 5.98. The van der Waals surface area contributed by atoms with Crippen molar-refractivity contribution >= 4 is 11.9 Å². The zero-order chi connectivity index (χ0) is 26.2. The van der Waals surface area contributed by atoms with Crippen LogP contribution in [0.5, 0.6) is 5.75 Å². The number of carbonyl (C=O) groups is 2. The van der Waals surface area contributed by atoms with Crippen LogP contribution in [0.25, 0.3) is 11.1 Å². The van der Waals surface area contributed by atoms with Gasteiger partial charge in [0.15, 0.2) is 5.78 Å². The van der Waals surface area contributed by atoms with Crippen LogP contribution in [-0.4, -0.2) is 55.3 Å². The lowest BCUT2D eigenvalue weighted by Crippen LogP contribution is -2.60. The average Bonchev–Trinajstić information content (AvgIpc) is 3.24. The van der Waals surface area contributed by atoms with Gasteiger partial charge in [-0.1, -0.05) is 60.7 Å². The van der Waals surface area contributed by atoms with Gasteiger partial charge < -0.3 is 14.2 Å². The highest BCUT2D eigenvalue weighted by Gasteiger charge is 2.45. The number of Topliss-reactive ketones (excluding diaryl/α,β-unsaturated/α-hetero) is 1. The van der Waals surface area contributed by atoms with Gasteiger partial charge in [0.1, 0.15) is 12.4 Å². The number of fused-ring (bicyclic) bond motifs is 5. The molecular formula is C30H27F2NO5. The zero-order valence-electron chi connectivity index (χ0n) is 20.6. The van der Waals surface area contributed by atoms with Crippen molar-refractivity contribution in [1.29, 1.82) is 0 Å². The van der Waals surface area contributed by atoms with Crippen LogP contribution in [0.2, 0.25) is 0 Å². The maximum Gasteiger partial charge on any atom is 0.410 e. The molecule has 2 bridgehead atoms. The zero-order valence-corrected chi connectivity index (χ0v) is 20.6. The van der Waals surface area contributed by atoms with Gasteiger partial charge >= 0.3 is 12.7 Å². The van der Waals surface area contributed by atoms with E-state index in [2.05, 4.69) is 29.0 Å². The Bertz CT molecular complexity index is 1300. The van der Waals surface area contributed by atoms with E-state index in [0.29, 0.717) is 31.6 Å². The molecule has 8 heteroatoms. The molecule has 6 rings (SSSR count). The molecule has 2 saturated heterocycles. The van der Waals surface area contributed by atoms with Crippen molar-refractivity contribution in [3.8, 4) is 16.9 Å². The molecule has 38 heavy (non-hydrogen) atoms. The number of ether oxygens (including phenoxy) is 3. The van der Waals surface area contributed by atoms with Crippen LogP contribution < -0.4 is 4.74 Å². The van der Waals surface area contributed by atoms with Crippen molar-refractivity contribution in [2.75, 3.05) is 19.8 Å². The van der Waals surface area contributed by atoms with Gasteiger partial charge in [0, 0.05) is 17.4 Å². The first-order valence-corrected chi connectivity index (χ1v) is 12.8. The number of hydrogen-bond donors (Lipinski definition) is 0. The maximum absolute atomic E-state index is 13.4. The topological polar surface area (TPSA) is 65.1 Å². The molecule has 0 N–H and O–H groups in total. The average molecular weight is 520 g/mol. The van der Waals surface area contributed by atoms with Gasteiger partial charge in [-0.05, 0) is 47.2 Å². The lowest BCUT2D eigenvalue weighted by molar-refractivity contribution is -0.0747. The molecule has 3 aromatic rings. The van der Waals surface area contributed by atoms with Crippen molar-refractivity contribution in [3.05, 3.63) is 89.5 Å². The smallest absolute Gasteiger partial charge is 0.410 e. The molecule has 196 valence electrons. The second-order valence-electron chi connectivity index (χ2n) is 10.00. The monoisotopic (exact) mass is 519 g/mol. The second kappa shape index (κ2) is 10.2. The minimum absolute atomic E-state index is 0.0377. The number of benzene rings is 3. The van der Waals surface area contributed by atoms with Crippen LogP contribution in [0.1, 0.15) is 40.2 Å². The molecule has 1 amide bonds. The lowest BCUT2D eigenvalue weighted by Gasteiger charge is -2.47. The van der Waals surface area contributed by atoms with E-state index in [4.69, 9.17) is 9.47 Å². The van der Waals surface area contributed by atoms with Crippen LogP contribution in [0.15, 0.2) is 72.8 Å². The second-order valence-corrected chi connectivity index (χ2v) is 10.00. The molecule has 2 heterocycles. The Labute approximate surface area is 219 Å². The van der Waals surface area contributed by atoms with E-state index in [1.54, 1.807) is 11.0 Å². The largest absolute Gasteiger partial charge is 0.448 e. The number of piperidine rings is 1. The van der Waals surface area contributed by atoms with E-state index < -0.39 is 12.7 Å². The van der Waals surface area contributed by atoms with E-state index in [1.807, 2.05) is 24.3 Å². The van der Waals surface area contributed by atoms with Gasteiger partial charge in [-0.3, -0.25) is 9.69 Å². The third-order valence-corrected chi connectivity index (χ3v) is 7.78. The summed E-state index contributed by atoms with van der Waals surface area (Å²) in [6.45, 7) is -2.10. The number of halogens is 2. The summed E-state index contributed by atoms with van der Waals surface area (Å²) in [6, 6.07) is 21.6. The van der Waals surface area contributed by atoms with E-state index in [0.717, 1.165) is 22.3 Å². The van der Waals surface area contributed by atoms with Crippen LogP contribution in [0, 0.1) is 5.92 Å². The summed E-state index contributed by atoms with van der Waals surface area (Å²) in [4.78, 5) is 28.4. The number of morpholine rings is 1. The van der Waals surface area contributed by atoms with Crippen molar-refractivity contribution < 1.29 is 32.6 Å². The summed E-state index contributed by atoms with van der Waals surface area (Å²) in [5.74, 6) is -0.586. The standard InChI is InChI=1S/C30H27F2NO5/c31-29(32)38-22-7-5-6-18(14-22)28(34)19-12-20-15-36-16-21(13-19)33(20)30(35)37-17-27-25-10-3-1-8-23(25)24-9-2-4-11-26(24)27/h1-11,14,19-21,27,29H,12-13,15-17H2. The third kappa shape index (κ3) is 4.53. The van der Waals surface area contributed by atoms with Crippen LogP contribution in [0.3, 0.4) is 0 Å². The number of alkyl halides is 2. The van der Waals surface area contributed by atoms with Gasteiger partial charge in [0.2, 0.25) is 0 Å². The summed E-state index contributed by atoms with van der Waals surface area (Å²) in [5, 5.41) is 0. The number of amides is 1. The molecule has 1 aliphatic carbocycles. The number of nitrogens with zero attached hydrogens (tertiary/aromatic N) is 1. The van der Waals surface area contributed by atoms with Gasteiger partial charge in [-0.2, -0.15) is 8.78 Å². The fourth-order valence-electron chi connectivity index (χ4n) is 6.16. The Morgan fingerprint density at radius 2 is 1.53 bits per heavy atom. The quantitative estimate of drug-likeness (QED) is 0.380. The van der Waals surface area contributed by atoms with Gasteiger partial charge in [0.05, 0.1) is 25.3 Å². The van der Waals surface area contributed by atoms with Crippen molar-refractivity contribution in [1.82, 2.24) is 4.90 Å². The minimum Gasteiger partial charge on any atom is -0.448 e. The molecule has 2 aliphatic heterocycles. The first kappa shape index (κ1) is 24.6. The Kier molecular flexibility index (Phi) is 6.57. The van der Waals surface area contributed by atoms with Gasteiger partial charge in [0.25, 0.3) is 0 Å². The fraction of sp³-hybridized carbons (Fsp3) is 0.333. The predicted octanol–water partition coefficient (Wildman–Crippen LogP) is 5.90. The van der Waals surface area contributed by atoms with E-state index in [9.17, 15) is 18.4 Å². The van der Waals surface area contributed by atoms with Crippen LogP contribution >= 0.6 is 0 Å². The molecule has 6 nitrogen and oxygen atoms in total. The summed E-state index contributed by atoms with van der Waals surface area (Å²) in [7, 11) is 0.